The quantitative estimate of drug-likeness (QED) is 0.474. The Morgan fingerprint density at radius 3 is 2.56 bits per heavy atom. The van der Waals surface area contributed by atoms with Gasteiger partial charge in [0.1, 0.15) is 0 Å². The number of tetrazole rings is 1. The molecule has 1 aromatic heterocycles. The number of thioether (sulfide) groups is 1. The first-order chi connectivity index (χ1) is 12.5. The Balaban J connectivity index is 2.05. The summed E-state index contributed by atoms with van der Waals surface area (Å²) < 4.78 is 32.0. The van der Waals surface area contributed by atoms with Gasteiger partial charge in [0, 0.05) is 25.3 Å². The van der Waals surface area contributed by atoms with E-state index < -0.39 is 32.6 Å². The molecule has 1 fully saturated rings. The van der Waals surface area contributed by atoms with Gasteiger partial charge in [0.05, 0.1) is 11.4 Å². The summed E-state index contributed by atoms with van der Waals surface area (Å²) in [7, 11) is -0.733. The second-order valence-corrected chi connectivity index (χ2v) is 10.5. The van der Waals surface area contributed by atoms with Gasteiger partial charge in [-0.1, -0.05) is 32.5 Å². The second kappa shape index (κ2) is 6.67. The monoisotopic (exact) mass is 415 g/mol. The summed E-state index contributed by atoms with van der Waals surface area (Å²) in [6.45, 7) is 5.20. The predicted molar refractivity (Wildman–Crippen MR) is 96.2 cm³/mol. The number of aryl methyl sites for hydroxylation is 1. The molecule has 1 saturated heterocycles. The van der Waals surface area contributed by atoms with E-state index in [-0.39, 0.29) is 23.0 Å². The summed E-state index contributed by atoms with van der Waals surface area (Å²) >= 11 is 1.21. The highest BCUT2D eigenvalue weighted by molar-refractivity contribution is 7.99. The molecule has 148 valence electrons. The normalized spacial score (nSPS) is 24.6. The molecule has 2 aliphatic rings. The number of nitrogens with zero attached hydrogens (tertiary/aromatic N) is 5. The summed E-state index contributed by atoms with van der Waals surface area (Å²) in [5, 5.41) is 10.4. The molecule has 1 aromatic rings. The first-order valence-corrected chi connectivity index (χ1v) is 10.9. The minimum Gasteiger partial charge on any atom is -0.368 e. The number of methoxy groups -OCH3 is 1. The summed E-state index contributed by atoms with van der Waals surface area (Å²) in [6.07, 6.45) is -1.07. The third kappa shape index (κ3) is 3.29. The molecule has 10 nitrogen and oxygen atoms in total. The number of ketones is 1. The zero-order valence-electron chi connectivity index (χ0n) is 15.7. The van der Waals surface area contributed by atoms with Gasteiger partial charge in [-0.25, -0.2) is 13.1 Å². The smallest absolute Gasteiger partial charge is 0.260 e. The summed E-state index contributed by atoms with van der Waals surface area (Å²) in [5.74, 6) is -0.923. The molecule has 3 rings (SSSR count). The second-order valence-electron chi connectivity index (χ2n) is 7.47. The van der Waals surface area contributed by atoms with Gasteiger partial charge < -0.3 is 4.74 Å². The van der Waals surface area contributed by atoms with Crippen LogP contribution in [0.5, 0.6) is 0 Å². The number of Topliss-reactive ketones (excluding diaryl/α,β-unsaturated/α-hetero) is 1. The number of aromatic nitrogens is 4. The average Bonchev–Trinajstić information content (AvgIpc) is 2.96. The Kier molecular flexibility index (Phi) is 4.93. The molecule has 0 N–H and O–H groups in total. The SMILES string of the molecule is CO[C@H]1C(=O)N2C(C(=O)C(C)(C)C)=C(CSc3nnnn3C)CS(=O)(=O)C12. The van der Waals surface area contributed by atoms with E-state index in [9.17, 15) is 18.0 Å². The molecule has 2 atom stereocenters. The van der Waals surface area contributed by atoms with Gasteiger partial charge in [-0.2, -0.15) is 0 Å². The van der Waals surface area contributed by atoms with Crippen molar-refractivity contribution in [2.45, 2.75) is 37.4 Å². The van der Waals surface area contributed by atoms with Crippen LogP contribution in [0.25, 0.3) is 0 Å². The van der Waals surface area contributed by atoms with Crippen LogP contribution in [0.2, 0.25) is 0 Å². The minimum absolute atomic E-state index is 0.156. The van der Waals surface area contributed by atoms with Crippen LogP contribution in [0.3, 0.4) is 0 Å². The molecular formula is C15H21N5O5S2. The number of fused-ring (bicyclic) bond motifs is 1. The summed E-state index contributed by atoms with van der Waals surface area (Å²) in [6, 6.07) is 0. The number of hydrogen-bond donors (Lipinski definition) is 0. The molecule has 0 bridgehead atoms. The Morgan fingerprint density at radius 2 is 2.04 bits per heavy atom. The fourth-order valence-electron chi connectivity index (χ4n) is 3.04. The minimum atomic E-state index is -3.68. The molecule has 27 heavy (non-hydrogen) atoms. The molecule has 1 amide bonds. The molecule has 12 heteroatoms. The first-order valence-electron chi connectivity index (χ1n) is 8.18. The molecule has 2 aliphatic heterocycles. The lowest BCUT2D eigenvalue weighted by atomic mass is 9.86. The number of hydrogen-bond acceptors (Lipinski definition) is 9. The summed E-state index contributed by atoms with van der Waals surface area (Å²) in [5.41, 5.74) is -0.243. The maximum Gasteiger partial charge on any atom is 0.260 e. The van der Waals surface area contributed by atoms with Crippen LogP contribution < -0.4 is 0 Å². The zero-order valence-corrected chi connectivity index (χ0v) is 17.3. The number of rotatable bonds is 5. The Morgan fingerprint density at radius 1 is 1.37 bits per heavy atom. The van der Waals surface area contributed by atoms with Gasteiger partial charge in [-0.15, -0.1) is 5.10 Å². The van der Waals surface area contributed by atoms with Crippen molar-refractivity contribution in [1.82, 2.24) is 25.1 Å². The number of β-lactam (4-membered cyclic amide) rings is 1. The van der Waals surface area contributed by atoms with Crippen molar-refractivity contribution in [3.05, 3.63) is 11.3 Å². The lowest BCUT2D eigenvalue weighted by molar-refractivity contribution is -0.161. The van der Waals surface area contributed by atoms with Gasteiger partial charge >= 0.3 is 0 Å². The molecular weight excluding hydrogens is 394 g/mol. The van der Waals surface area contributed by atoms with Crippen LogP contribution in [-0.2, 0) is 31.2 Å². The number of carbonyl (C=O) groups excluding carboxylic acids is 2. The lowest BCUT2D eigenvalue weighted by Gasteiger charge is -2.49. The number of sulfone groups is 1. The molecule has 0 aromatic carbocycles. The van der Waals surface area contributed by atoms with Gasteiger partial charge in [0.15, 0.2) is 27.1 Å². The van der Waals surface area contributed by atoms with Crippen LogP contribution in [-0.4, -0.2) is 75.3 Å². The van der Waals surface area contributed by atoms with Gasteiger partial charge in [-0.05, 0) is 16.0 Å². The zero-order chi connectivity index (χ0) is 20.1. The number of carbonyl (C=O) groups is 2. The van der Waals surface area contributed by atoms with Crippen molar-refractivity contribution in [2.24, 2.45) is 12.5 Å². The van der Waals surface area contributed by atoms with E-state index in [4.69, 9.17) is 4.74 Å². The Labute approximate surface area is 161 Å². The predicted octanol–water partition coefficient (Wildman–Crippen LogP) is -0.217. The van der Waals surface area contributed by atoms with E-state index in [1.54, 1.807) is 27.8 Å². The number of amides is 1. The van der Waals surface area contributed by atoms with Crippen molar-refractivity contribution in [1.29, 1.82) is 0 Å². The maximum absolute atomic E-state index is 13.1. The van der Waals surface area contributed by atoms with Crippen LogP contribution in [0, 0.1) is 5.41 Å². The fraction of sp³-hybridized carbons (Fsp3) is 0.667. The fourth-order valence-corrected chi connectivity index (χ4v) is 6.06. The van der Waals surface area contributed by atoms with Crippen LogP contribution >= 0.6 is 11.8 Å². The van der Waals surface area contributed by atoms with Crippen molar-refractivity contribution in [3.63, 3.8) is 0 Å². The van der Waals surface area contributed by atoms with Gasteiger partial charge in [0.25, 0.3) is 5.91 Å². The third-order valence-electron chi connectivity index (χ3n) is 4.42. The highest BCUT2D eigenvalue weighted by Gasteiger charge is 2.60. The van der Waals surface area contributed by atoms with Crippen molar-refractivity contribution in [2.75, 3.05) is 18.6 Å². The highest BCUT2D eigenvalue weighted by Crippen LogP contribution is 2.41. The van der Waals surface area contributed by atoms with Gasteiger partial charge in [0.2, 0.25) is 5.16 Å². The largest absolute Gasteiger partial charge is 0.368 e. The maximum atomic E-state index is 13.1. The Bertz CT molecular complexity index is 931. The van der Waals surface area contributed by atoms with Crippen LogP contribution in [0.15, 0.2) is 16.4 Å². The molecule has 0 aliphatic carbocycles. The molecule has 0 saturated carbocycles. The average molecular weight is 415 g/mol. The number of allylic oxidation sites excluding steroid dienone is 1. The van der Waals surface area contributed by atoms with E-state index >= 15 is 0 Å². The van der Waals surface area contributed by atoms with E-state index in [0.717, 1.165) is 4.90 Å². The van der Waals surface area contributed by atoms with E-state index in [2.05, 4.69) is 15.5 Å². The molecule has 1 unspecified atom stereocenters. The Hall–Kier alpha value is -1.79. The van der Waals surface area contributed by atoms with Crippen LogP contribution in [0.1, 0.15) is 20.8 Å². The highest BCUT2D eigenvalue weighted by atomic mass is 32.2. The molecule has 0 radical (unpaired) electrons. The van der Waals surface area contributed by atoms with Crippen molar-refractivity contribution < 1.29 is 22.7 Å². The molecule has 3 heterocycles. The van der Waals surface area contributed by atoms with E-state index in [1.807, 2.05) is 0 Å². The topological polar surface area (TPSA) is 124 Å². The van der Waals surface area contributed by atoms with Gasteiger partial charge in [-0.3, -0.25) is 14.5 Å². The molecule has 0 spiro atoms. The number of ether oxygens (including phenoxy) is 1. The standard InChI is InChI=1S/C15H21N5O5S2/c1-15(2,3)11(21)9-8(6-26-14-16-17-18-19(14)4)7-27(23,24)13-10(25-5)12(22)20(9)13/h10,13H,6-7H2,1-5H3/t10-,13?/m0/s1. The van der Waals surface area contributed by atoms with Crippen LogP contribution in [0.4, 0.5) is 0 Å². The van der Waals surface area contributed by atoms with Crippen molar-refractivity contribution >= 4 is 33.3 Å². The van der Waals surface area contributed by atoms with E-state index in [1.165, 1.54) is 23.6 Å². The lowest BCUT2D eigenvalue weighted by Crippen LogP contribution is -2.71. The first kappa shape index (κ1) is 20.0. The summed E-state index contributed by atoms with van der Waals surface area (Å²) in [4.78, 5) is 26.6. The third-order valence-corrected chi connectivity index (χ3v) is 7.46. The van der Waals surface area contributed by atoms with Crippen molar-refractivity contribution in [3.8, 4) is 0 Å². The van der Waals surface area contributed by atoms with E-state index in [0.29, 0.717) is 10.7 Å².